The first kappa shape index (κ1) is 10.0. The smallest absolute Gasteiger partial charge is 0.0827 e. The van der Waals surface area contributed by atoms with Crippen molar-refractivity contribution in [2.24, 2.45) is 5.92 Å². The second kappa shape index (κ2) is 4.83. The van der Waals surface area contributed by atoms with Crippen LogP contribution in [0.3, 0.4) is 0 Å². The van der Waals surface area contributed by atoms with Crippen LogP contribution in [0.5, 0.6) is 0 Å². The van der Waals surface area contributed by atoms with Crippen LogP contribution in [0.15, 0.2) is 0 Å². The molecule has 0 saturated heterocycles. The lowest BCUT2D eigenvalue weighted by molar-refractivity contribution is -0.0185. The van der Waals surface area contributed by atoms with Crippen LogP contribution in [0.1, 0.15) is 39.0 Å². The molecule has 0 aliphatic heterocycles. The molecule has 0 aromatic carbocycles. The minimum absolute atomic E-state index is 0.0451. The fraction of sp³-hybridized carbons (Fsp3) is 1.00. The quantitative estimate of drug-likeness (QED) is 0.663. The van der Waals surface area contributed by atoms with Crippen molar-refractivity contribution in [3.63, 3.8) is 0 Å². The summed E-state index contributed by atoms with van der Waals surface area (Å²) in [6, 6.07) is 0. The summed E-state index contributed by atoms with van der Waals surface area (Å²) >= 11 is 0. The summed E-state index contributed by atoms with van der Waals surface area (Å²) in [4.78, 5) is 0. The largest absolute Gasteiger partial charge is 0.390 e. The van der Waals surface area contributed by atoms with Crippen LogP contribution in [-0.2, 0) is 4.74 Å². The standard InChI is InChI=1S/C10H20O2/c1-3-10(12-2)9(11)7-6-8-4-5-8/h8-11H,3-7H2,1-2H3. The Morgan fingerprint density at radius 1 is 1.50 bits per heavy atom. The van der Waals surface area contributed by atoms with Gasteiger partial charge in [0.25, 0.3) is 0 Å². The van der Waals surface area contributed by atoms with Gasteiger partial charge in [-0.15, -0.1) is 0 Å². The van der Waals surface area contributed by atoms with Crippen LogP contribution in [0.25, 0.3) is 0 Å². The molecule has 1 aliphatic carbocycles. The topological polar surface area (TPSA) is 29.5 Å². The van der Waals surface area contributed by atoms with Gasteiger partial charge in [-0.2, -0.15) is 0 Å². The third kappa shape index (κ3) is 3.11. The molecule has 0 radical (unpaired) electrons. The highest BCUT2D eigenvalue weighted by Crippen LogP contribution is 2.34. The summed E-state index contributed by atoms with van der Waals surface area (Å²) in [7, 11) is 1.68. The van der Waals surface area contributed by atoms with Gasteiger partial charge in [0.1, 0.15) is 0 Å². The third-order valence-corrected chi connectivity index (χ3v) is 2.70. The van der Waals surface area contributed by atoms with E-state index in [9.17, 15) is 5.11 Å². The average Bonchev–Trinajstić information content (AvgIpc) is 2.86. The van der Waals surface area contributed by atoms with E-state index in [0.29, 0.717) is 0 Å². The Bertz CT molecular complexity index is 117. The molecule has 0 amide bonds. The molecule has 1 fully saturated rings. The highest BCUT2D eigenvalue weighted by molar-refractivity contribution is 4.76. The van der Waals surface area contributed by atoms with Gasteiger partial charge in [0, 0.05) is 7.11 Å². The lowest BCUT2D eigenvalue weighted by Gasteiger charge is -2.19. The van der Waals surface area contributed by atoms with Gasteiger partial charge in [-0.25, -0.2) is 0 Å². The van der Waals surface area contributed by atoms with Gasteiger partial charge < -0.3 is 9.84 Å². The van der Waals surface area contributed by atoms with Crippen molar-refractivity contribution in [2.75, 3.05) is 7.11 Å². The van der Waals surface area contributed by atoms with Crippen molar-refractivity contribution in [1.82, 2.24) is 0 Å². The van der Waals surface area contributed by atoms with Crippen molar-refractivity contribution in [3.05, 3.63) is 0 Å². The zero-order chi connectivity index (χ0) is 8.97. The molecular weight excluding hydrogens is 152 g/mol. The molecular formula is C10H20O2. The molecule has 0 spiro atoms. The van der Waals surface area contributed by atoms with Crippen LogP contribution < -0.4 is 0 Å². The normalized spacial score (nSPS) is 22.2. The van der Waals surface area contributed by atoms with E-state index < -0.39 is 0 Å². The zero-order valence-corrected chi connectivity index (χ0v) is 8.12. The van der Waals surface area contributed by atoms with Gasteiger partial charge in [0.15, 0.2) is 0 Å². The number of hydrogen-bond donors (Lipinski definition) is 1. The number of aliphatic hydroxyl groups excluding tert-OH is 1. The molecule has 1 saturated carbocycles. The SMILES string of the molecule is CCC(OC)C(O)CCC1CC1. The summed E-state index contributed by atoms with van der Waals surface area (Å²) in [6.07, 6.45) is 5.54. The van der Waals surface area contributed by atoms with Gasteiger partial charge >= 0.3 is 0 Å². The van der Waals surface area contributed by atoms with Gasteiger partial charge in [-0.1, -0.05) is 19.8 Å². The van der Waals surface area contributed by atoms with Crippen LogP contribution in [0, 0.1) is 5.92 Å². The lowest BCUT2D eigenvalue weighted by Crippen LogP contribution is -2.27. The van der Waals surface area contributed by atoms with Gasteiger partial charge in [0.05, 0.1) is 12.2 Å². The van der Waals surface area contributed by atoms with Crippen LogP contribution in [-0.4, -0.2) is 24.4 Å². The lowest BCUT2D eigenvalue weighted by atomic mass is 10.0. The van der Waals surface area contributed by atoms with E-state index in [-0.39, 0.29) is 12.2 Å². The molecule has 1 aliphatic rings. The summed E-state index contributed by atoms with van der Waals surface area (Å²) in [5.74, 6) is 0.911. The molecule has 2 nitrogen and oxygen atoms in total. The minimum Gasteiger partial charge on any atom is -0.390 e. The van der Waals surface area contributed by atoms with E-state index >= 15 is 0 Å². The molecule has 12 heavy (non-hydrogen) atoms. The van der Waals surface area contributed by atoms with Crippen LogP contribution in [0.2, 0.25) is 0 Å². The number of methoxy groups -OCH3 is 1. The van der Waals surface area contributed by atoms with E-state index in [1.165, 1.54) is 19.3 Å². The van der Waals surface area contributed by atoms with E-state index in [4.69, 9.17) is 4.74 Å². The zero-order valence-electron chi connectivity index (χ0n) is 8.12. The minimum atomic E-state index is -0.249. The maximum atomic E-state index is 9.66. The number of ether oxygens (including phenoxy) is 1. The molecule has 1 N–H and O–H groups in total. The Balaban J connectivity index is 2.10. The van der Waals surface area contributed by atoms with Gasteiger partial charge in [-0.3, -0.25) is 0 Å². The molecule has 2 atom stereocenters. The predicted molar refractivity (Wildman–Crippen MR) is 49.1 cm³/mol. The fourth-order valence-corrected chi connectivity index (χ4v) is 1.59. The van der Waals surface area contributed by atoms with E-state index in [2.05, 4.69) is 6.92 Å². The maximum Gasteiger partial charge on any atom is 0.0827 e. The van der Waals surface area contributed by atoms with Crippen molar-refractivity contribution >= 4 is 0 Å². The molecule has 72 valence electrons. The molecule has 2 unspecified atom stereocenters. The first-order valence-corrected chi connectivity index (χ1v) is 4.98. The fourth-order valence-electron chi connectivity index (χ4n) is 1.59. The average molecular weight is 172 g/mol. The summed E-state index contributed by atoms with van der Waals surface area (Å²) in [6.45, 7) is 2.05. The highest BCUT2D eigenvalue weighted by atomic mass is 16.5. The van der Waals surface area contributed by atoms with Gasteiger partial charge in [0.2, 0.25) is 0 Å². The number of aliphatic hydroxyl groups is 1. The Morgan fingerprint density at radius 2 is 2.17 bits per heavy atom. The van der Waals surface area contributed by atoms with E-state index in [0.717, 1.165) is 18.8 Å². The summed E-state index contributed by atoms with van der Waals surface area (Å²) in [5, 5.41) is 9.66. The Kier molecular flexibility index (Phi) is 4.02. The van der Waals surface area contributed by atoms with Crippen molar-refractivity contribution in [2.45, 2.75) is 51.2 Å². The molecule has 0 aromatic rings. The van der Waals surface area contributed by atoms with Crippen molar-refractivity contribution in [1.29, 1.82) is 0 Å². The van der Waals surface area contributed by atoms with Gasteiger partial charge in [-0.05, 0) is 25.2 Å². The number of rotatable bonds is 6. The van der Waals surface area contributed by atoms with E-state index in [1.54, 1.807) is 7.11 Å². The maximum absolute atomic E-state index is 9.66. The third-order valence-electron chi connectivity index (χ3n) is 2.70. The first-order chi connectivity index (χ1) is 5.77. The molecule has 0 bridgehead atoms. The molecule has 0 heterocycles. The van der Waals surface area contributed by atoms with Crippen molar-refractivity contribution < 1.29 is 9.84 Å². The van der Waals surface area contributed by atoms with Crippen LogP contribution >= 0.6 is 0 Å². The van der Waals surface area contributed by atoms with Crippen molar-refractivity contribution in [3.8, 4) is 0 Å². The second-order valence-electron chi connectivity index (χ2n) is 3.77. The second-order valence-corrected chi connectivity index (χ2v) is 3.77. The first-order valence-electron chi connectivity index (χ1n) is 4.98. The summed E-state index contributed by atoms with van der Waals surface area (Å²) in [5.41, 5.74) is 0. The Morgan fingerprint density at radius 3 is 2.58 bits per heavy atom. The Labute approximate surface area is 74.9 Å². The molecule has 0 aromatic heterocycles. The summed E-state index contributed by atoms with van der Waals surface area (Å²) < 4.78 is 5.16. The molecule has 2 heteroatoms. The van der Waals surface area contributed by atoms with E-state index in [1.807, 2.05) is 0 Å². The molecule has 1 rings (SSSR count). The predicted octanol–water partition coefficient (Wildman–Crippen LogP) is 1.96. The monoisotopic (exact) mass is 172 g/mol. The van der Waals surface area contributed by atoms with Crippen LogP contribution in [0.4, 0.5) is 0 Å². The Hall–Kier alpha value is -0.0800. The number of hydrogen-bond acceptors (Lipinski definition) is 2. The highest BCUT2D eigenvalue weighted by Gasteiger charge is 2.24.